The van der Waals surface area contributed by atoms with E-state index in [1.54, 1.807) is 0 Å². The van der Waals surface area contributed by atoms with Crippen LogP contribution in [-0.4, -0.2) is 20.7 Å². The van der Waals surface area contributed by atoms with Gasteiger partial charge in [-0.1, -0.05) is 18.2 Å². The van der Waals surface area contributed by atoms with E-state index in [1.807, 2.05) is 13.0 Å². The number of nitrogens with zero attached hydrogens (tertiary/aromatic N) is 4. The van der Waals surface area contributed by atoms with Crippen molar-refractivity contribution in [1.82, 2.24) is 20.1 Å². The molecule has 0 saturated heterocycles. The van der Waals surface area contributed by atoms with E-state index < -0.39 is 0 Å². The first-order valence-corrected chi connectivity index (χ1v) is 7.86. The largest absolute Gasteiger partial charge is 0.348 e. The van der Waals surface area contributed by atoms with E-state index in [0.29, 0.717) is 0 Å². The summed E-state index contributed by atoms with van der Waals surface area (Å²) in [5.41, 5.74) is 3.96. The monoisotopic (exact) mass is 309 g/mol. The summed E-state index contributed by atoms with van der Waals surface area (Å²) < 4.78 is 1.37. The number of benzene rings is 1. The quantitative estimate of drug-likeness (QED) is 0.935. The molecule has 0 saturated carbocycles. The van der Waals surface area contributed by atoms with Gasteiger partial charge in [0.25, 0.3) is 5.82 Å². The lowest BCUT2D eigenvalue weighted by Crippen LogP contribution is -2.30. The Hall–Kier alpha value is -2.68. The first-order valence-electron chi connectivity index (χ1n) is 7.86. The highest BCUT2D eigenvalue weighted by atomic mass is 16.2. The molecule has 0 spiro atoms. The first-order chi connectivity index (χ1) is 11.2. The van der Waals surface area contributed by atoms with E-state index in [-0.39, 0.29) is 24.3 Å². The summed E-state index contributed by atoms with van der Waals surface area (Å²) in [4.78, 5) is 15.9. The van der Waals surface area contributed by atoms with Gasteiger partial charge < -0.3 is 5.32 Å². The molecule has 23 heavy (non-hydrogen) atoms. The van der Waals surface area contributed by atoms with E-state index in [4.69, 9.17) is 5.26 Å². The second-order valence-corrected chi connectivity index (χ2v) is 5.90. The Labute approximate surface area is 135 Å². The van der Waals surface area contributed by atoms with Crippen LogP contribution in [0, 0.1) is 11.3 Å². The van der Waals surface area contributed by atoms with Crippen LogP contribution >= 0.6 is 0 Å². The first kappa shape index (κ1) is 15.2. The van der Waals surface area contributed by atoms with Crippen LogP contribution in [0.5, 0.6) is 0 Å². The molecule has 0 aliphatic heterocycles. The molecule has 1 atom stereocenters. The maximum atomic E-state index is 12.1. The van der Waals surface area contributed by atoms with Crippen molar-refractivity contribution >= 4 is 5.91 Å². The van der Waals surface area contributed by atoms with Crippen LogP contribution in [0.3, 0.4) is 0 Å². The van der Waals surface area contributed by atoms with Crippen molar-refractivity contribution in [2.75, 3.05) is 0 Å². The summed E-state index contributed by atoms with van der Waals surface area (Å²) in [7, 11) is 0. The lowest BCUT2D eigenvalue weighted by molar-refractivity contribution is -0.122. The van der Waals surface area contributed by atoms with E-state index >= 15 is 0 Å². The van der Waals surface area contributed by atoms with Crippen LogP contribution in [0.15, 0.2) is 24.5 Å². The maximum Gasteiger partial charge on any atom is 0.252 e. The number of carbonyl (C=O) groups is 1. The zero-order chi connectivity index (χ0) is 16.2. The predicted octanol–water partition coefficient (Wildman–Crippen LogP) is 1.91. The molecule has 1 unspecified atom stereocenters. The van der Waals surface area contributed by atoms with E-state index in [2.05, 4.69) is 33.6 Å². The topological polar surface area (TPSA) is 83.6 Å². The van der Waals surface area contributed by atoms with Gasteiger partial charge in [0.1, 0.15) is 18.9 Å². The fourth-order valence-electron chi connectivity index (χ4n) is 2.96. The minimum Gasteiger partial charge on any atom is -0.348 e. The second-order valence-electron chi connectivity index (χ2n) is 5.90. The summed E-state index contributed by atoms with van der Waals surface area (Å²) in [5, 5.41) is 15.5. The van der Waals surface area contributed by atoms with Gasteiger partial charge in [-0.15, -0.1) is 5.10 Å². The van der Waals surface area contributed by atoms with Gasteiger partial charge in [0.15, 0.2) is 0 Å². The number of hydrogen-bond donors (Lipinski definition) is 1. The average molecular weight is 309 g/mol. The number of nitriles is 1. The van der Waals surface area contributed by atoms with E-state index in [9.17, 15) is 4.79 Å². The molecule has 6 heteroatoms. The van der Waals surface area contributed by atoms with Gasteiger partial charge in [0.05, 0.1) is 6.04 Å². The minimum absolute atomic E-state index is 0.0595. The Morgan fingerprint density at radius 3 is 2.91 bits per heavy atom. The Morgan fingerprint density at radius 1 is 1.39 bits per heavy atom. The van der Waals surface area contributed by atoms with Crippen LogP contribution in [0.2, 0.25) is 0 Å². The molecule has 118 valence electrons. The number of aryl methyl sites for hydroxylation is 2. The normalized spacial score (nSPS) is 14.6. The molecule has 1 aromatic carbocycles. The highest BCUT2D eigenvalue weighted by Gasteiger charge is 2.14. The Morgan fingerprint density at radius 2 is 2.17 bits per heavy atom. The zero-order valence-corrected chi connectivity index (χ0v) is 13.1. The van der Waals surface area contributed by atoms with Crippen molar-refractivity contribution < 1.29 is 4.79 Å². The van der Waals surface area contributed by atoms with Crippen LogP contribution in [-0.2, 0) is 24.2 Å². The van der Waals surface area contributed by atoms with Crippen LogP contribution in [0.25, 0.3) is 0 Å². The third-order valence-corrected chi connectivity index (χ3v) is 4.19. The van der Waals surface area contributed by atoms with E-state index in [0.717, 1.165) is 18.4 Å². The smallest absolute Gasteiger partial charge is 0.252 e. The molecule has 0 radical (unpaired) electrons. The average Bonchev–Trinajstić information content (AvgIpc) is 3.01. The van der Waals surface area contributed by atoms with Gasteiger partial charge in [0, 0.05) is 0 Å². The van der Waals surface area contributed by atoms with Crippen molar-refractivity contribution in [2.45, 2.75) is 45.2 Å². The Kier molecular flexibility index (Phi) is 4.38. The standard InChI is InChI=1S/C17H19N5O/c1-12(14-7-6-13-4-2-3-5-15(13)8-14)20-17(23)10-22-11-19-16(9-18)21-22/h6-8,11-12H,2-5,10H2,1H3,(H,20,23). The summed E-state index contributed by atoms with van der Waals surface area (Å²) in [6, 6.07) is 8.27. The highest BCUT2D eigenvalue weighted by molar-refractivity contribution is 5.76. The third kappa shape index (κ3) is 3.57. The van der Waals surface area contributed by atoms with Gasteiger partial charge in [-0.2, -0.15) is 5.26 Å². The fraction of sp³-hybridized carbons (Fsp3) is 0.412. The summed E-state index contributed by atoms with van der Waals surface area (Å²) in [5.74, 6) is -0.0786. The van der Waals surface area contributed by atoms with Crippen molar-refractivity contribution in [3.05, 3.63) is 47.0 Å². The van der Waals surface area contributed by atoms with Crippen molar-refractivity contribution in [3.8, 4) is 6.07 Å². The van der Waals surface area contributed by atoms with Gasteiger partial charge in [-0.25, -0.2) is 9.67 Å². The van der Waals surface area contributed by atoms with Gasteiger partial charge >= 0.3 is 0 Å². The molecule has 1 aliphatic carbocycles. The third-order valence-electron chi connectivity index (χ3n) is 4.19. The second kappa shape index (κ2) is 6.61. The summed E-state index contributed by atoms with van der Waals surface area (Å²) in [6.45, 7) is 2.04. The van der Waals surface area contributed by atoms with Crippen LogP contribution in [0.1, 0.15) is 48.3 Å². The zero-order valence-electron chi connectivity index (χ0n) is 13.1. The maximum absolute atomic E-state index is 12.1. The SMILES string of the molecule is CC(NC(=O)Cn1cnc(C#N)n1)c1ccc2c(c1)CCCC2. The van der Waals surface area contributed by atoms with Crippen molar-refractivity contribution in [3.63, 3.8) is 0 Å². The number of nitrogens with one attached hydrogen (secondary N) is 1. The van der Waals surface area contributed by atoms with Gasteiger partial charge in [-0.05, 0) is 49.3 Å². The van der Waals surface area contributed by atoms with Crippen LogP contribution < -0.4 is 5.32 Å². The Balaban J connectivity index is 1.63. The number of amides is 1. The predicted molar refractivity (Wildman–Crippen MR) is 84.4 cm³/mol. The Bertz CT molecular complexity index is 759. The molecule has 3 rings (SSSR count). The highest BCUT2D eigenvalue weighted by Crippen LogP contribution is 2.24. The van der Waals surface area contributed by atoms with Crippen LogP contribution in [0.4, 0.5) is 0 Å². The number of carbonyl (C=O) groups excluding carboxylic acids is 1. The van der Waals surface area contributed by atoms with Crippen molar-refractivity contribution in [1.29, 1.82) is 5.26 Å². The lowest BCUT2D eigenvalue weighted by atomic mass is 9.89. The molecule has 6 nitrogen and oxygen atoms in total. The molecule has 1 aromatic heterocycles. The molecular weight excluding hydrogens is 290 g/mol. The number of rotatable bonds is 4. The number of fused-ring (bicyclic) bond motifs is 1. The number of hydrogen-bond acceptors (Lipinski definition) is 4. The number of aromatic nitrogens is 3. The molecule has 1 heterocycles. The minimum atomic E-state index is -0.149. The van der Waals surface area contributed by atoms with Crippen molar-refractivity contribution in [2.24, 2.45) is 0 Å². The van der Waals surface area contributed by atoms with E-state index in [1.165, 1.54) is 35.0 Å². The fourth-order valence-corrected chi connectivity index (χ4v) is 2.96. The lowest BCUT2D eigenvalue weighted by Gasteiger charge is -2.20. The summed E-state index contributed by atoms with van der Waals surface area (Å²) >= 11 is 0. The molecular formula is C17H19N5O. The molecule has 0 fully saturated rings. The molecule has 0 bridgehead atoms. The summed E-state index contributed by atoms with van der Waals surface area (Å²) in [6.07, 6.45) is 6.18. The molecule has 1 aliphatic rings. The van der Waals surface area contributed by atoms with Gasteiger partial charge in [0.2, 0.25) is 5.91 Å². The molecule has 1 N–H and O–H groups in total. The van der Waals surface area contributed by atoms with Gasteiger partial charge in [-0.3, -0.25) is 4.79 Å². The molecule has 2 aromatic rings. The molecule has 1 amide bonds.